The summed E-state index contributed by atoms with van der Waals surface area (Å²) in [6, 6.07) is 9.67. The van der Waals surface area contributed by atoms with Gasteiger partial charge in [0.05, 0.1) is 0 Å². The first-order valence-corrected chi connectivity index (χ1v) is 10.4. The van der Waals surface area contributed by atoms with Crippen LogP contribution in [0.5, 0.6) is 0 Å². The number of imide groups is 1. The average molecular weight is 409 g/mol. The number of hydrogen-bond donors (Lipinski definition) is 1. The number of hydrogen-bond acceptors (Lipinski definition) is 4. The molecule has 6 nitrogen and oxygen atoms in total. The maximum absolute atomic E-state index is 12.5. The van der Waals surface area contributed by atoms with Crippen molar-refractivity contribution < 1.29 is 19.1 Å². The molecule has 1 aromatic carbocycles. The quantitative estimate of drug-likeness (QED) is 0.449. The molecule has 2 heterocycles. The Morgan fingerprint density at radius 3 is 2.64 bits per heavy atom. The number of ether oxygens (including phenoxy) is 1. The Morgan fingerprint density at radius 1 is 1.32 bits per heavy atom. The van der Waals surface area contributed by atoms with Crippen LogP contribution in [-0.4, -0.2) is 55.4 Å². The SMILES string of the molecule is CCOC(=O)C1C[C@@](C)(C[Se]c2ccccc2)N2C(=O)NC(=O)[C@]12C. The Bertz CT molecular complexity index is 710. The second-order valence-electron chi connectivity index (χ2n) is 6.85. The molecule has 0 bridgehead atoms. The fourth-order valence-electron chi connectivity index (χ4n) is 3.88. The van der Waals surface area contributed by atoms with E-state index in [0.29, 0.717) is 6.42 Å². The van der Waals surface area contributed by atoms with Crippen LogP contribution >= 0.6 is 0 Å². The topological polar surface area (TPSA) is 75.7 Å². The molecule has 3 atom stereocenters. The number of amides is 3. The Kier molecular flexibility index (Phi) is 4.64. The van der Waals surface area contributed by atoms with Gasteiger partial charge in [-0.3, -0.25) is 0 Å². The van der Waals surface area contributed by atoms with Crippen molar-refractivity contribution in [2.24, 2.45) is 5.92 Å². The third-order valence-electron chi connectivity index (χ3n) is 5.07. The van der Waals surface area contributed by atoms with Crippen LogP contribution in [0.2, 0.25) is 5.32 Å². The first-order valence-electron chi connectivity index (χ1n) is 8.33. The third-order valence-corrected chi connectivity index (χ3v) is 7.95. The fraction of sp³-hybridized carbons (Fsp3) is 0.500. The summed E-state index contributed by atoms with van der Waals surface area (Å²) in [5, 5.41) is 3.12. The van der Waals surface area contributed by atoms with Crippen molar-refractivity contribution in [1.29, 1.82) is 0 Å². The van der Waals surface area contributed by atoms with Gasteiger partial charge in [-0.2, -0.15) is 0 Å². The van der Waals surface area contributed by atoms with Crippen molar-refractivity contribution in [3.63, 3.8) is 0 Å². The number of esters is 1. The van der Waals surface area contributed by atoms with Crippen LogP contribution in [0.3, 0.4) is 0 Å². The molecule has 1 unspecified atom stereocenters. The van der Waals surface area contributed by atoms with Gasteiger partial charge < -0.3 is 0 Å². The molecular weight excluding hydrogens is 387 g/mol. The van der Waals surface area contributed by atoms with Crippen molar-refractivity contribution in [2.45, 2.75) is 43.6 Å². The molecule has 0 aliphatic carbocycles. The summed E-state index contributed by atoms with van der Waals surface area (Å²) >= 11 is 0.131. The van der Waals surface area contributed by atoms with Gasteiger partial charge in [0.2, 0.25) is 0 Å². The van der Waals surface area contributed by atoms with Crippen molar-refractivity contribution in [1.82, 2.24) is 10.2 Å². The van der Waals surface area contributed by atoms with E-state index in [9.17, 15) is 14.4 Å². The predicted molar refractivity (Wildman–Crippen MR) is 93.6 cm³/mol. The van der Waals surface area contributed by atoms with E-state index >= 15 is 0 Å². The minimum absolute atomic E-state index is 0.131. The van der Waals surface area contributed by atoms with Crippen LogP contribution in [0.15, 0.2) is 30.3 Å². The monoisotopic (exact) mass is 410 g/mol. The molecular formula is C18H22N2O4Se. The normalized spacial score (nSPS) is 31.0. The molecule has 1 N–H and O–H groups in total. The zero-order valence-corrected chi connectivity index (χ0v) is 16.3. The minimum atomic E-state index is -1.18. The fourth-order valence-corrected chi connectivity index (χ4v) is 6.13. The maximum atomic E-state index is 12.5. The van der Waals surface area contributed by atoms with Crippen molar-refractivity contribution >= 4 is 37.3 Å². The number of nitrogens with one attached hydrogen (secondary N) is 1. The summed E-state index contributed by atoms with van der Waals surface area (Å²) in [6.07, 6.45) is 0.441. The number of fused-ring (bicyclic) bond motifs is 1. The predicted octanol–water partition coefficient (Wildman–Crippen LogP) is 1.09. The van der Waals surface area contributed by atoms with E-state index in [-0.39, 0.29) is 21.6 Å². The Morgan fingerprint density at radius 2 is 2.00 bits per heavy atom. The molecule has 2 fully saturated rings. The standard InChI is InChI=1S/C18H22N2O4Se/c1-4-24-14(21)13-10-17(2,11-25-12-8-6-5-7-9-12)20-16(23)19-15(22)18(13,20)3/h5-9,13H,4,10-11H2,1-3H3,(H,19,22,23)/t13?,17-,18-/m0/s1. The van der Waals surface area contributed by atoms with Gasteiger partial charge in [0.1, 0.15) is 0 Å². The van der Waals surface area contributed by atoms with E-state index in [2.05, 4.69) is 17.4 Å². The van der Waals surface area contributed by atoms with Gasteiger partial charge in [-0.15, -0.1) is 0 Å². The van der Waals surface area contributed by atoms with Gasteiger partial charge in [0.15, 0.2) is 0 Å². The summed E-state index contributed by atoms with van der Waals surface area (Å²) < 4.78 is 6.41. The molecule has 3 amide bonds. The second-order valence-corrected chi connectivity index (χ2v) is 9.05. The van der Waals surface area contributed by atoms with Gasteiger partial charge >= 0.3 is 153 Å². The number of nitrogens with zero attached hydrogens (tertiary/aromatic N) is 1. The number of benzene rings is 1. The van der Waals surface area contributed by atoms with E-state index in [1.54, 1.807) is 18.7 Å². The van der Waals surface area contributed by atoms with Crippen molar-refractivity contribution in [3.05, 3.63) is 30.3 Å². The molecule has 2 saturated heterocycles. The van der Waals surface area contributed by atoms with Gasteiger partial charge in [-0.25, -0.2) is 0 Å². The zero-order chi connectivity index (χ0) is 18.2. The van der Waals surface area contributed by atoms with Gasteiger partial charge in [0.25, 0.3) is 0 Å². The summed E-state index contributed by atoms with van der Waals surface area (Å²) in [4.78, 5) is 39.0. The first-order chi connectivity index (χ1) is 11.8. The zero-order valence-electron chi connectivity index (χ0n) is 14.6. The van der Waals surface area contributed by atoms with E-state index in [1.165, 1.54) is 4.46 Å². The number of urea groups is 1. The average Bonchev–Trinajstić information content (AvgIpc) is 2.97. The molecule has 1 aromatic rings. The Hall–Kier alpha value is -1.85. The number of carbonyl (C=O) groups excluding carboxylic acids is 3. The van der Waals surface area contributed by atoms with E-state index in [1.807, 2.05) is 25.1 Å². The van der Waals surface area contributed by atoms with Crippen LogP contribution in [0.1, 0.15) is 27.2 Å². The van der Waals surface area contributed by atoms with E-state index in [0.717, 1.165) is 5.32 Å². The van der Waals surface area contributed by atoms with Crippen LogP contribution < -0.4 is 9.78 Å². The van der Waals surface area contributed by atoms with E-state index in [4.69, 9.17) is 4.74 Å². The Balaban J connectivity index is 1.90. The molecule has 0 saturated carbocycles. The molecule has 0 aromatic heterocycles. The molecule has 2 aliphatic rings. The second kappa shape index (κ2) is 6.46. The first kappa shape index (κ1) is 18.0. The third kappa shape index (κ3) is 2.85. The van der Waals surface area contributed by atoms with Crippen molar-refractivity contribution in [2.75, 3.05) is 6.61 Å². The van der Waals surface area contributed by atoms with Crippen LogP contribution in [-0.2, 0) is 14.3 Å². The summed E-state index contributed by atoms with van der Waals surface area (Å²) in [6.45, 7) is 5.64. The van der Waals surface area contributed by atoms with Crippen LogP contribution in [0.25, 0.3) is 0 Å². The molecule has 0 radical (unpaired) electrons. The molecule has 0 spiro atoms. The molecule has 25 heavy (non-hydrogen) atoms. The molecule has 7 heteroatoms. The van der Waals surface area contributed by atoms with Gasteiger partial charge in [-0.05, 0) is 0 Å². The van der Waals surface area contributed by atoms with Crippen molar-refractivity contribution in [3.8, 4) is 0 Å². The van der Waals surface area contributed by atoms with Gasteiger partial charge in [0, 0.05) is 0 Å². The molecule has 2 aliphatic heterocycles. The van der Waals surface area contributed by atoms with Gasteiger partial charge in [-0.1, -0.05) is 0 Å². The number of rotatable bonds is 5. The van der Waals surface area contributed by atoms with Crippen LogP contribution in [0.4, 0.5) is 4.79 Å². The van der Waals surface area contributed by atoms with E-state index < -0.39 is 34.9 Å². The Labute approximate surface area is 153 Å². The summed E-state index contributed by atoms with van der Waals surface area (Å²) in [5.74, 6) is -1.46. The van der Waals surface area contributed by atoms with Crippen LogP contribution in [0, 0.1) is 5.92 Å². The number of carbonyl (C=O) groups is 3. The summed E-state index contributed by atoms with van der Waals surface area (Å²) in [5.41, 5.74) is -1.73. The molecule has 3 rings (SSSR count). The molecule has 134 valence electrons. The summed E-state index contributed by atoms with van der Waals surface area (Å²) in [7, 11) is 0.